The van der Waals surface area contributed by atoms with Crippen LogP contribution in [0.25, 0.3) is 0 Å². The van der Waals surface area contributed by atoms with Crippen molar-refractivity contribution in [1.29, 1.82) is 0 Å². The van der Waals surface area contributed by atoms with Crippen molar-refractivity contribution in [1.82, 2.24) is 0 Å². The lowest BCUT2D eigenvalue weighted by molar-refractivity contribution is -0.162. The molecule has 1 aliphatic heterocycles. The van der Waals surface area contributed by atoms with Crippen molar-refractivity contribution in [3.63, 3.8) is 0 Å². The van der Waals surface area contributed by atoms with E-state index in [1.807, 2.05) is 13.0 Å². The highest BCUT2D eigenvalue weighted by atomic mass is 16.7. The minimum atomic E-state index is -0.406. The second-order valence-corrected chi connectivity index (χ2v) is 12.3. The first kappa shape index (κ1) is 41.3. The van der Waals surface area contributed by atoms with Gasteiger partial charge in [0.25, 0.3) is 0 Å². The lowest BCUT2D eigenvalue weighted by Crippen LogP contribution is -2.22. The van der Waals surface area contributed by atoms with Crippen LogP contribution in [0.4, 0.5) is 0 Å². The summed E-state index contributed by atoms with van der Waals surface area (Å²) in [6.07, 6.45) is 16.8. The SMILES string of the molecule is CCCCCCCOc1ccc(OCCCCCCOC(=O)CCC(=O)OCCC)c(C(=O)OCCCCCCOC2CCCCO2)c1. The van der Waals surface area contributed by atoms with Gasteiger partial charge in [0.05, 0.1) is 45.9 Å². The minimum absolute atomic E-state index is 0.0376. The molecule has 0 aromatic heterocycles. The summed E-state index contributed by atoms with van der Waals surface area (Å²) in [5, 5.41) is 0. The lowest BCUT2D eigenvalue weighted by Gasteiger charge is -2.22. The molecule has 0 amide bonds. The van der Waals surface area contributed by atoms with Crippen molar-refractivity contribution in [2.45, 2.75) is 142 Å². The highest BCUT2D eigenvalue weighted by Crippen LogP contribution is 2.26. The molecule has 0 bridgehead atoms. The maximum Gasteiger partial charge on any atom is 0.342 e. The van der Waals surface area contributed by atoms with Crippen LogP contribution < -0.4 is 9.47 Å². The van der Waals surface area contributed by atoms with E-state index in [9.17, 15) is 14.4 Å². The van der Waals surface area contributed by atoms with Crippen LogP contribution >= 0.6 is 0 Å². The number of benzene rings is 1. The van der Waals surface area contributed by atoms with Crippen LogP contribution in [0.3, 0.4) is 0 Å². The molecule has 10 nitrogen and oxygen atoms in total. The van der Waals surface area contributed by atoms with Gasteiger partial charge in [-0.2, -0.15) is 0 Å². The first-order chi connectivity index (χ1) is 23.5. The van der Waals surface area contributed by atoms with Gasteiger partial charge in [-0.15, -0.1) is 0 Å². The molecule has 0 radical (unpaired) electrons. The number of ether oxygens (including phenoxy) is 7. The third-order valence-corrected chi connectivity index (χ3v) is 7.96. The number of unbranched alkanes of at least 4 members (excludes halogenated alkanes) is 10. The summed E-state index contributed by atoms with van der Waals surface area (Å²) >= 11 is 0. The van der Waals surface area contributed by atoms with Crippen molar-refractivity contribution in [3.8, 4) is 11.5 Å². The van der Waals surface area contributed by atoms with Gasteiger partial charge in [-0.1, -0.05) is 46.0 Å². The van der Waals surface area contributed by atoms with Gasteiger partial charge in [0.1, 0.15) is 17.1 Å². The average molecular weight is 679 g/mol. The standard InChI is InChI=1S/C38H62O10/c1-3-5-6-7-13-25-42-32-20-21-34(43-26-14-8-9-15-27-45-36(40)23-22-35(39)44-24-4-2)33(31-32)38(41)48-30-17-11-10-16-28-46-37-19-12-18-29-47-37/h20-21,31,37H,3-19,22-30H2,1-2H3. The van der Waals surface area contributed by atoms with Crippen LogP contribution in [0.5, 0.6) is 11.5 Å². The number of carbonyl (C=O) groups excluding carboxylic acids is 3. The zero-order chi connectivity index (χ0) is 34.5. The summed E-state index contributed by atoms with van der Waals surface area (Å²) in [5.74, 6) is -0.0345. The van der Waals surface area contributed by atoms with E-state index < -0.39 is 5.97 Å². The molecular weight excluding hydrogens is 616 g/mol. The Morgan fingerprint density at radius 1 is 0.646 bits per heavy atom. The summed E-state index contributed by atoms with van der Waals surface area (Å²) in [4.78, 5) is 36.4. The van der Waals surface area contributed by atoms with E-state index in [1.54, 1.807) is 12.1 Å². The number of carbonyl (C=O) groups is 3. The fraction of sp³-hybridized carbons (Fsp3) is 0.763. The first-order valence-corrected chi connectivity index (χ1v) is 18.6. The smallest absolute Gasteiger partial charge is 0.342 e. The third-order valence-electron chi connectivity index (χ3n) is 7.96. The molecule has 0 N–H and O–H groups in total. The molecule has 2 rings (SSSR count). The zero-order valence-electron chi connectivity index (χ0n) is 29.8. The largest absolute Gasteiger partial charge is 0.494 e. The van der Waals surface area contributed by atoms with Gasteiger partial charge in [-0.25, -0.2) is 4.79 Å². The van der Waals surface area contributed by atoms with Crippen LogP contribution in [-0.4, -0.2) is 70.4 Å². The van der Waals surface area contributed by atoms with Crippen LogP contribution in [0.15, 0.2) is 18.2 Å². The van der Waals surface area contributed by atoms with Crippen LogP contribution in [0.2, 0.25) is 0 Å². The molecule has 1 unspecified atom stereocenters. The Balaban J connectivity index is 1.69. The Kier molecular flexibility index (Phi) is 24.1. The summed E-state index contributed by atoms with van der Waals surface area (Å²) in [6, 6.07) is 5.36. The molecule has 48 heavy (non-hydrogen) atoms. The normalized spacial score (nSPS) is 14.3. The molecule has 0 aliphatic carbocycles. The van der Waals surface area contributed by atoms with Gasteiger partial charge >= 0.3 is 17.9 Å². The summed E-state index contributed by atoms with van der Waals surface area (Å²) in [6.45, 7) is 7.70. The Labute approximate surface area is 288 Å². The molecule has 1 fully saturated rings. The first-order valence-electron chi connectivity index (χ1n) is 18.6. The van der Waals surface area contributed by atoms with Crippen molar-refractivity contribution in [3.05, 3.63) is 23.8 Å². The number of hydrogen-bond donors (Lipinski definition) is 0. The maximum absolute atomic E-state index is 13.1. The molecule has 1 saturated heterocycles. The predicted molar refractivity (Wildman–Crippen MR) is 184 cm³/mol. The van der Waals surface area contributed by atoms with E-state index in [4.69, 9.17) is 33.2 Å². The number of hydrogen-bond acceptors (Lipinski definition) is 10. The number of esters is 3. The highest BCUT2D eigenvalue weighted by molar-refractivity contribution is 5.93. The minimum Gasteiger partial charge on any atom is -0.494 e. The zero-order valence-corrected chi connectivity index (χ0v) is 29.8. The van der Waals surface area contributed by atoms with E-state index in [1.165, 1.54) is 25.7 Å². The number of rotatable bonds is 29. The van der Waals surface area contributed by atoms with E-state index in [0.717, 1.165) is 90.1 Å². The van der Waals surface area contributed by atoms with E-state index in [-0.39, 0.29) is 31.1 Å². The molecule has 0 saturated carbocycles. The van der Waals surface area contributed by atoms with E-state index in [0.29, 0.717) is 56.7 Å². The van der Waals surface area contributed by atoms with Gasteiger partial charge in [0, 0.05) is 13.2 Å². The lowest BCUT2D eigenvalue weighted by atomic mass is 10.1. The second kappa shape index (κ2) is 28.0. The van der Waals surface area contributed by atoms with Crippen molar-refractivity contribution in [2.24, 2.45) is 0 Å². The van der Waals surface area contributed by atoms with Crippen LogP contribution in [0.1, 0.15) is 146 Å². The van der Waals surface area contributed by atoms with E-state index >= 15 is 0 Å². The Morgan fingerprint density at radius 2 is 1.25 bits per heavy atom. The van der Waals surface area contributed by atoms with Crippen LogP contribution in [0, 0.1) is 0 Å². The average Bonchev–Trinajstić information content (AvgIpc) is 3.10. The fourth-order valence-electron chi connectivity index (χ4n) is 5.13. The van der Waals surface area contributed by atoms with Crippen molar-refractivity contribution in [2.75, 3.05) is 46.2 Å². The predicted octanol–water partition coefficient (Wildman–Crippen LogP) is 8.51. The Morgan fingerprint density at radius 3 is 1.90 bits per heavy atom. The molecule has 274 valence electrons. The highest BCUT2D eigenvalue weighted by Gasteiger charge is 2.17. The summed E-state index contributed by atoms with van der Waals surface area (Å²) in [5.41, 5.74) is 0.379. The molecule has 1 aromatic carbocycles. The van der Waals surface area contributed by atoms with Crippen LogP contribution in [-0.2, 0) is 33.3 Å². The molecule has 1 aromatic rings. The molecular formula is C38H62O10. The molecule has 0 spiro atoms. The molecule has 1 heterocycles. The third kappa shape index (κ3) is 20.5. The van der Waals surface area contributed by atoms with Crippen molar-refractivity contribution >= 4 is 17.9 Å². The van der Waals surface area contributed by atoms with Gasteiger partial charge in [0.2, 0.25) is 0 Å². The quantitative estimate of drug-likeness (QED) is 0.0464. The second-order valence-electron chi connectivity index (χ2n) is 12.3. The Hall–Kier alpha value is -2.85. The summed E-state index contributed by atoms with van der Waals surface area (Å²) in [7, 11) is 0. The Bertz CT molecular complexity index is 992. The molecule has 1 atom stereocenters. The fourth-order valence-corrected chi connectivity index (χ4v) is 5.13. The molecule has 1 aliphatic rings. The van der Waals surface area contributed by atoms with E-state index in [2.05, 4.69) is 6.92 Å². The monoisotopic (exact) mass is 678 g/mol. The van der Waals surface area contributed by atoms with Gasteiger partial charge < -0.3 is 33.2 Å². The van der Waals surface area contributed by atoms with Crippen molar-refractivity contribution < 1.29 is 47.5 Å². The van der Waals surface area contributed by atoms with Gasteiger partial charge in [-0.3, -0.25) is 9.59 Å². The maximum atomic E-state index is 13.1. The molecule has 10 heteroatoms. The summed E-state index contributed by atoms with van der Waals surface area (Å²) < 4.78 is 39.2. The van der Waals surface area contributed by atoms with Gasteiger partial charge in [0.15, 0.2) is 6.29 Å². The van der Waals surface area contributed by atoms with Gasteiger partial charge in [-0.05, 0) is 95.2 Å². The topological polar surface area (TPSA) is 116 Å².